The van der Waals surface area contributed by atoms with E-state index < -0.39 is 0 Å². The largest absolute Gasteiger partial charge is 0.339 e. The molecule has 1 atom stereocenters. The summed E-state index contributed by atoms with van der Waals surface area (Å²) in [5.41, 5.74) is 4.07. The predicted octanol–water partition coefficient (Wildman–Crippen LogP) is 4.49. The molecule has 184 valence electrons. The minimum Gasteiger partial charge on any atom is -0.339 e. The van der Waals surface area contributed by atoms with Gasteiger partial charge in [0.2, 0.25) is 0 Å². The summed E-state index contributed by atoms with van der Waals surface area (Å²) in [6.07, 6.45) is 5.15. The van der Waals surface area contributed by atoms with Gasteiger partial charge in [0.15, 0.2) is 0 Å². The van der Waals surface area contributed by atoms with Crippen molar-refractivity contribution in [3.8, 4) is 6.07 Å². The highest BCUT2D eigenvalue weighted by molar-refractivity contribution is 5.97. The Labute approximate surface area is 208 Å². The molecule has 1 unspecified atom stereocenters. The molecule has 3 amide bonds. The first-order chi connectivity index (χ1) is 16.9. The third kappa shape index (κ3) is 6.20. The molecule has 7 nitrogen and oxygen atoms in total. The normalized spacial score (nSPS) is 18.8. The maximum absolute atomic E-state index is 13.2. The van der Waals surface area contributed by atoms with E-state index in [1.165, 1.54) is 18.4 Å². The molecular formula is C28H35N5O2. The Morgan fingerprint density at radius 2 is 1.80 bits per heavy atom. The number of amides is 3. The number of hydrogen-bond donors (Lipinski definition) is 2. The zero-order chi connectivity index (χ0) is 24.8. The lowest BCUT2D eigenvalue weighted by Crippen LogP contribution is -2.38. The molecule has 2 aromatic rings. The van der Waals surface area contributed by atoms with E-state index in [2.05, 4.69) is 28.7 Å². The smallest absolute Gasteiger partial charge is 0.319 e. The Bertz CT molecular complexity index is 1080. The molecule has 2 aliphatic rings. The number of urea groups is 1. The molecule has 0 aromatic heterocycles. The summed E-state index contributed by atoms with van der Waals surface area (Å²) in [5.74, 6) is 0.394. The van der Waals surface area contributed by atoms with Crippen molar-refractivity contribution in [2.45, 2.75) is 51.0 Å². The third-order valence-corrected chi connectivity index (χ3v) is 7.46. The SMILES string of the molecule is Cc1ccc(C(=O)N2CCC(c3ccc(C#N)cc3)CC2)cc1NC(=O)NCCC1CCCN1C. The average molecular weight is 474 g/mol. The second-order valence-corrected chi connectivity index (χ2v) is 9.78. The van der Waals surface area contributed by atoms with Gasteiger partial charge < -0.3 is 20.4 Å². The lowest BCUT2D eigenvalue weighted by atomic mass is 9.89. The number of carbonyl (C=O) groups excluding carboxylic acids is 2. The van der Waals surface area contributed by atoms with Crippen LogP contribution in [-0.2, 0) is 0 Å². The molecule has 0 bridgehead atoms. The highest BCUT2D eigenvalue weighted by atomic mass is 16.2. The predicted molar refractivity (Wildman–Crippen MR) is 138 cm³/mol. The van der Waals surface area contributed by atoms with Crippen molar-refractivity contribution >= 4 is 17.6 Å². The van der Waals surface area contributed by atoms with Crippen molar-refractivity contribution in [3.63, 3.8) is 0 Å². The summed E-state index contributed by atoms with van der Waals surface area (Å²) in [7, 11) is 2.14. The van der Waals surface area contributed by atoms with E-state index in [4.69, 9.17) is 5.26 Å². The lowest BCUT2D eigenvalue weighted by Gasteiger charge is -2.32. The summed E-state index contributed by atoms with van der Waals surface area (Å²) >= 11 is 0. The Morgan fingerprint density at radius 1 is 1.06 bits per heavy atom. The van der Waals surface area contributed by atoms with Crippen LogP contribution in [0.4, 0.5) is 10.5 Å². The number of nitrogens with one attached hydrogen (secondary N) is 2. The van der Waals surface area contributed by atoms with Gasteiger partial charge in [0.25, 0.3) is 5.91 Å². The van der Waals surface area contributed by atoms with E-state index in [1.807, 2.05) is 48.2 Å². The van der Waals surface area contributed by atoms with Gasteiger partial charge in [-0.25, -0.2) is 4.79 Å². The van der Waals surface area contributed by atoms with Crippen LogP contribution in [0, 0.1) is 18.3 Å². The summed E-state index contributed by atoms with van der Waals surface area (Å²) in [6, 6.07) is 15.7. The molecule has 0 radical (unpaired) electrons. The van der Waals surface area contributed by atoms with E-state index in [0.717, 1.165) is 31.4 Å². The number of rotatable bonds is 6. The Morgan fingerprint density at radius 3 is 2.46 bits per heavy atom. The molecule has 2 N–H and O–H groups in total. The number of hydrogen-bond acceptors (Lipinski definition) is 4. The van der Waals surface area contributed by atoms with E-state index in [0.29, 0.717) is 48.4 Å². The number of piperidine rings is 1. The molecule has 2 heterocycles. The van der Waals surface area contributed by atoms with Crippen LogP contribution in [0.25, 0.3) is 0 Å². The van der Waals surface area contributed by atoms with Gasteiger partial charge in [-0.3, -0.25) is 4.79 Å². The lowest BCUT2D eigenvalue weighted by molar-refractivity contribution is 0.0713. The fraction of sp³-hybridized carbons (Fsp3) is 0.464. The number of benzene rings is 2. The Hall–Kier alpha value is -3.37. The quantitative estimate of drug-likeness (QED) is 0.647. The minimum absolute atomic E-state index is 0.00370. The fourth-order valence-electron chi connectivity index (χ4n) is 5.18. The van der Waals surface area contributed by atoms with Crippen molar-refractivity contribution in [1.29, 1.82) is 5.26 Å². The highest BCUT2D eigenvalue weighted by Gasteiger charge is 2.25. The van der Waals surface area contributed by atoms with Gasteiger partial charge in [0.1, 0.15) is 0 Å². The molecule has 0 saturated carbocycles. The van der Waals surface area contributed by atoms with Gasteiger partial charge in [0.05, 0.1) is 11.6 Å². The summed E-state index contributed by atoms with van der Waals surface area (Å²) in [5, 5.41) is 14.9. The van der Waals surface area contributed by atoms with Gasteiger partial charge in [-0.05, 0) is 93.9 Å². The molecule has 0 aliphatic carbocycles. The van der Waals surface area contributed by atoms with E-state index in [-0.39, 0.29) is 11.9 Å². The molecule has 0 spiro atoms. The Balaban J connectivity index is 1.30. The average Bonchev–Trinajstić information content (AvgIpc) is 3.29. The van der Waals surface area contributed by atoms with Crippen molar-refractivity contribution in [1.82, 2.24) is 15.1 Å². The van der Waals surface area contributed by atoms with E-state index >= 15 is 0 Å². The maximum atomic E-state index is 13.2. The maximum Gasteiger partial charge on any atom is 0.319 e. The van der Waals surface area contributed by atoms with Gasteiger partial charge in [-0.1, -0.05) is 18.2 Å². The number of anilines is 1. The fourth-order valence-corrected chi connectivity index (χ4v) is 5.18. The van der Waals surface area contributed by atoms with E-state index in [1.54, 1.807) is 6.07 Å². The van der Waals surface area contributed by atoms with Crippen LogP contribution in [0.15, 0.2) is 42.5 Å². The van der Waals surface area contributed by atoms with Crippen LogP contribution in [-0.4, -0.2) is 61.0 Å². The molecule has 2 aromatic carbocycles. The molecule has 2 aliphatic heterocycles. The van der Waals surface area contributed by atoms with Crippen LogP contribution < -0.4 is 10.6 Å². The number of carbonyl (C=O) groups is 2. The van der Waals surface area contributed by atoms with Crippen LogP contribution in [0.3, 0.4) is 0 Å². The third-order valence-electron chi connectivity index (χ3n) is 7.46. The van der Waals surface area contributed by atoms with Gasteiger partial charge >= 0.3 is 6.03 Å². The number of aryl methyl sites for hydroxylation is 1. The second kappa shape index (κ2) is 11.4. The summed E-state index contributed by atoms with van der Waals surface area (Å²) in [6.45, 7) is 5.07. The van der Waals surface area contributed by atoms with E-state index in [9.17, 15) is 9.59 Å². The van der Waals surface area contributed by atoms with Crippen LogP contribution in [0.1, 0.15) is 65.1 Å². The standard InChI is InChI=1S/C28H35N5O2/c1-20-5-8-24(18-26(20)31-28(35)30-14-11-25-4-3-15-32(25)2)27(34)33-16-12-23(13-17-33)22-9-6-21(19-29)7-10-22/h5-10,18,23,25H,3-4,11-17H2,1-2H3,(H2,30,31,35). The summed E-state index contributed by atoms with van der Waals surface area (Å²) < 4.78 is 0. The first kappa shape index (κ1) is 24.7. The topological polar surface area (TPSA) is 88.5 Å². The van der Waals surface area contributed by atoms with Gasteiger partial charge in [0, 0.05) is 36.9 Å². The van der Waals surface area contributed by atoms with Crippen molar-refractivity contribution in [3.05, 3.63) is 64.7 Å². The zero-order valence-electron chi connectivity index (χ0n) is 20.7. The second-order valence-electron chi connectivity index (χ2n) is 9.78. The summed E-state index contributed by atoms with van der Waals surface area (Å²) in [4.78, 5) is 29.9. The minimum atomic E-state index is -0.235. The first-order valence-corrected chi connectivity index (χ1v) is 12.6. The van der Waals surface area contributed by atoms with Crippen molar-refractivity contribution in [2.75, 3.05) is 38.5 Å². The Kier molecular flexibility index (Phi) is 8.04. The van der Waals surface area contributed by atoms with Gasteiger partial charge in [-0.2, -0.15) is 5.26 Å². The molecule has 4 rings (SSSR count). The monoisotopic (exact) mass is 473 g/mol. The molecule has 7 heteroatoms. The highest BCUT2D eigenvalue weighted by Crippen LogP contribution is 2.29. The van der Waals surface area contributed by atoms with Crippen LogP contribution in [0.5, 0.6) is 0 Å². The van der Waals surface area contributed by atoms with Gasteiger partial charge in [-0.15, -0.1) is 0 Å². The van der Waals surface area contributed by atoms with Crippen molar-refractivity contribution < 1.29 is 9.59 Å². The number of nitriles is 1. The number of nitrogens with zero attached hydrogens (tertiary/aromatic N) is 3. The molecule has 2 fully saturated rings. The first-order valence-electron chi connectivity index (χ1n) is 12.6. The molecular weight excluding hydrogens is 438 g/mol. The molecule has 35 heavy (non-hydrogen) atoms. The van der Waals surface area contributed by atoms with Crippen LogP contribution in [0.2, 0.25) is 0 Å². The zero-order valence-corrected chi connectivity index (χ0v) is 20.7. The molecule has 2 saturated heterocycles. The van der Waals surface area contributed by atoms with Crippen LogP contribution >= 0.6 is 0 Å². The number of likely N-dealkylation sites (tertiary alicyclic amines) is 2. The van der Waals surface area contributed by atoms with Crippen molar-refractivity contribution in [2.24, 2.45) is 0 Å².